The van der Waals surface area contributed by atoms with Crippen molar-refractivity contribution < 1.29 is 18.3 Å². The average Bonchev–Trinajstić information content (AvgIpc) is 2.19. The van der Waals surface area contributed by atoms with Gasteiger partial charge in [0.05, 0.1) is 0 Å². The highest BCUT2D eigenvalue weighted by molar-refractivity contribution is 5.34. The van der Waals surface area contributed by atoms with Gasteiger partial charge >= 0.3 is 0 Å². The molecule has 0 saturated heterocycles. The van der Waals surface area contributed by atoms with Gasteiger partial charge in [-0.1, -0.05) is 6.92 Å². The summed E-state index contributed by atoms with van der Waals surface area (Å²) in [5.74, 6) is -5.40. The second kappa shape index (κ2) is 3.88. The van der Waals surface area contributed by atoms with Crippen molar-refractivity contribution in [2.45, 2.75) is 19.4 Å². The number of halogens is 3. The Morgan fingerprint density at radius 3 is 2.43 bits per heavy atom. The van der Waals surface area contributed by atoms with E-state index in [1.54, 1.807) is 6.92 Å². The molecular weight excluding hydrogens is 195 g/mol. The zero-order chi connectivity index (χ0) is 10.9. The molecule has 0 radical (unpaired) electrons. The molecule has 0 aromatic heterocycles. The van der Waals surface area contributed by atoms with E-state index < -0.39 is 29.2 Å². The summed E-state index contributed by atoms with van der Waals surface area (Å²) >= 11 is 0. The summed E-state index contributed by atoms with van der Waals surface area (Å²) in [6.45, 7) is 1.67. The van der Waals surface area contributed by atoms with Gasteiger partial charge in [0.1, 0.15) is 0 Å². The minimum atomic E-state index is -1.59. The first-order valence-corrected chi connectivity index (χ1v) is 4.11. The van der Waals surface area contributed by atoms with Crippen molar-refractivity contribution in [3.05, 3.63) is 29.1 Å². The van der Waals surface area contributed by atoms with Crippen LogP contribution in [-0.4, -0.2) is 5.11 Å². The molecule has 1 rings (SSSR count). The predicted molar refractivity (Wildman–Crippen MR) is 45.2 cm³/mol. The molecule has 0 aliphatic heterocycles. The molecule has 2 nitrogen and oxygen atoms in total. The molecule has 14 heavy (non-hydrogen) atoms. The summed E-state index contributed by atoms with van der Waals surface area (Å²) in [6.07, 6.45) is 0.363. The van der Waals surface area contributed by atoms with Gasteiger partial charge in [-0.15, -0.1) is 0 Å². The fourth-order valence-electron chi connectivity index (χ4n) is 1.10. The normalized spacial score (nSPS) is 12.9. The van der Waals surface area contributed by atoms with E-state index in [1.165, 1.54) is 0 Å². The molecule has 0 amide bonds. The largest absolute Gasteiger partial charge is 0.503 e. The van der Waals surface area contributed by atoms with Crippen LogP contribution in [0, 0.1) is 17.5 Å². The number of rotatable bonds is 2. The van der Waals surface area contributed by atoms with Crippen molar-refractivity contribution in [1.82, 2.24) is 0 Å². The van der Waals surface area contributed by atoms with Gasteiger partial charge in [-0.3, -0.25) is 0 Å². The number of hydrogen-bond donors (Lipinski definition) is 2. The van der Waals surface area contributed by atoms with Crippen LogP contribution < -0.4 is 5.73 Å². The molecule has 0 fully saturated rings. The summed E-state index contributed by atoms with van der Waals surface area (Å²) in [6, 6.07) is -0.0885. The van der Waals surface area contributed by atoms with E-state index in [9.17, 15) is 13.2 Å². The molecule has 1 aromatic carbocycles. The number of hydrogen-bond acceptors (Lipinski definition) is 2. The van der Waals surface area contributed by atoms with Crippen molar-refractivity contribution >= 4 is 0 Å². The lowest BCUT2D eigenvalue weighted by Crippen LogP contribution is -2.12. The Bertz CT molecular complexity index is 354. The maximum absolute atomic E-state index is 13.1. The number of phenols is 1. The third kappa shape index (κ3) is 1.68. The summed E-state index contributed by atoms with van der Waals surface area (Å²) < 4.78 is 38.5. The lowest BCUT2D eigenvalue weighted by atomic mass is 10.0. The van der Waals surface area contributed by atoms with E-state index in [-0.39, 0.29) is 5.56 Å². The highest BCUT2D eigenvalue weighted by Gasteiger charge is 2.20. The molecule has 0 aliphatic carbocycles. The van der Waals surface area contributed by atoms with Crippen LogP contribution in [0.25, 0.3) is 0 Å². The highest BCUT2D eigenvalue weighted by Crippen LogP contribution is 2.29. The van der Waals surface area contributed by atoms with Gasteiger partial charge in [0.2, 0.25) is 5.82 Å². The number of nitrogens with two attached hydrogens (primary N) is 1. The first kappa shape index (κ1) is 10.8. The predicted octanol–water partition coefficient (Wildman–Crippen LogP) is 2.22. The molecule has 0 heterocycles. The summed E-state index contributed by atoms with van der Waals surface area (Å²) in [5, 5.41) is 8.87. The minimum absolute atomic E-state index is 0.219. The van der Waals surface area contributed by atoms with Crippen molar-refractivity contribution in [3.8, 4) is 5.75 Å². The zero-order valence-corrected chi connectivity index (χ0v) is 7.52. The van der Waals surface area contributed by atoms with Crippen LogP contribution in [0.1, 0.15) is 24.9 Å². The van der Waals surface area contributed by atoms with Crippen molar-refractivity contribution in [1.29, 1.82) is 0 Å². The van der Waals surface area contributed by atoms with Crippen molar-refractivity contribution in [2.75, 3.05) is 0 Å². The van der Waals surface area contributed by atoms with Crippen LogP contribution >= 0.6 is 0 Å². The Morgan fingerprint density at radius 2 is 1.93 bits per heavy atom. The van der Waals surface area contributed by atoms with Gasteiger partial charge in [-0.2, -0.15) is 4.39 Å². The van der Waals surface area contributed by atoms with Gasteiger partial charge in [0.25, 0.3) is 0 Å². The van der Waals surface area contributed by atoms with E-state index in [0.29, 0.717) is 12.5 Å². The molecule has 78 valence electrons. The van der Waals surface area contributed by atoms with Crippen LogP contribution in [0.4, 0.5) is 13.2 Å². The van der Waals surface area contributed by atoms with Gasteiger partial charge in [0, 0.05) is 11.6 Å². The molecule has 1 atom stereocenters. The Kier molecular flexibility index (Phi) is 3.00. The molecule has 0 bridgehead atoms. The SMILES string of the molecule is CC[C@@H](N)c1cc(F)c(F)c(O)c1F. The van der Waals surface area contributed by atoms with Crippen LogP contribution in [0.5, 0.6) is 5.75 Å². The Morgan fingerprint density at radius 1 is 1.36 bits per heavy atom. The second-order valence-corrected chi connectivity index (χ2v) is 2.94. The molecule has 0 aliphatic rings. The van der Waals surface area contributed by atoms with Crippen LogP contribution in [0.15, 0.2) is 6.07 Å². The highest BCUT2D eigenvalue weighted by atomic mass is 19.2. The molecule has 5 heteroatoms. The molecule has 1 aromatic rings. The van der Waals surface area contributed by atoms with E-state index in [2.05, 4.69) is 0 Å². The monoisotopic (exact) mass is 205 g/mol. The van der Waals surface area contributed by atoms with E-state index in [4.69, 9.17) is 10.8 Å². The van der Waals surface area contributed by atoms with E-state index >= 15 is 0 Å². The Hall–Kier alpha value is -1.23. The summed E-state index contributed by atoms with van der Waals surface area (Å²) in [7, 11) is 0. The standard InChI is InChI=1S/C9H10F3NO/c1-2-6(13)4-3-5(10)8(12)9(14)7(4)11/h3,6,14H,2,13H2,1H3/t6-/m1/s1. The lowest BCUT2D eigenvalue weighted by molar-refractivity contribution is 0.370. The quantitative estimate of drug-likeness (QED) is 0.727. The summed E-state index contributed by atoms with van der Waals surface area (Å²) in [4.78, 5) is 0. The molecular formula is C9H10F3NO. The van der Waals surface area contributed by atoms with Gasteiger partial charge in [-0.05, 0) is 12.5 Å². The van der Waals surface area contributed by atoms with E-state index in [1.807, 2.05) is 0 Å². The molecule has 0 spiro atoms. The number of aromatic hydroxyl groups is 1. The van der Waals surface area contributed by atoms with Crippen LogP contribution in [0.3, 0.4) is 0 Å². The zero-order valence-electron chi connectivity index (χ0n) is 7.52. The summed E-state index contributed by atoms with van der Waals surface area (Å²) in [5.41, 5.74) is 5.22. The first-order valence-electron chi connectivity index (χ1n) is 4.11. The van der Waals surface area contributed by atoms with Crippen molar-refractivity contribution in [2.24, 2.45) is 5.73 Å². The number of benzene rings is 1. The second-order valence-electron chi connectivity index (χ2n) is 2.94. The minimum Gasteiger partial charge on any atom is -0.503 e. The average molecular weight is 205 g/mol. The van der Waals surface area contributed by atoms with Gasteiger partial charge < -0.3 is 10.8 Å². The van der Waals surface area contributed by atoms with Crippen molar-refractivity contribution in [3.63, 3.8) is 0 Å². The fraction of sp³-hybridized carbons (Fsp3) is 0.333. The van der Waals surface area contributed by atoms with E-state index in [0.717, 1.165) is 0 Å². The molecule has 3 N–H and O–H groups in total. The Labute approximate surface area is 79.2 Å². The smallest absolute Gasteiger partial charge is 0.203 e. The maximum atomic E-state index is 13.1. The van der Waals surface area contributed by atoms with Crippen LogP contribution in [-0.2, 0) is 0 Å². The third-order valence-corrected chi connectivity index (χ3v) is 2.00. The first-order chi connectivity index (χ1) is 6.49. The third-order valence-electron chi connectivity index (χ3n) is 2.00. The molecule has 0 saturated carbocycles. The maximum Gasteiger partial charge on any atom is 0.203 e. The fourth-order valence-corrected chi connectivity index (χ4v) is 1.10. The lowest BCUT2D eigenvalue weighted by Gasteiger charge is -2.11. The van der Waals surface area contributed by atoms with Crippen LogP contribution in [0.2, 0.25) is 0 Å². The number of phenolic OH excluding ortho intramolecular Hbond substituents is 1. The molecule has 0 unspecified atom stereocenters. The Balaban J connectivity index is 3.33. The topological polar surface area (TPSA) is 46.2 Å². The van der Waals surface area contributed by atoms with Gasteiger partial charge in [-0.25, -0.2) is 8.78 Å². The van der Waals surface area contributed by atoms with Gasteiger partial charge in [0.15, 0.2) is 17.4 Å².